The molecule has 1 fully saturated rings. The van der Waals surface area contributed by atoms with Gasteiger partial charge < -0.3 is 10.2 Å². The molecule has 2 aromatic carbocycles. The molecule has 1 aromatic heterocycles. The van der Waals surface area contributed by atoms with E-state index in [4.69, 9.17) is 0 Å². The summed E-state index contributed by atoms with van der Waals surface area (Å²) in [7, 11) is 0. The van der Waals surface area contributed by atoms with E-state index in [1.54, 1.807) is 6.07 Å². The number of benzene rings is 2. The molecule has 2 heterocycles. The predicted molar refractivity (Wildman–Crippen MR) is 115 cm³/mol. The zero-order valence-electron chi connectivity index (χ0n) is 16.7. The van der Waals surface area contributed by atoms with E-state index in [0.29, 0.717) is 29.9 Å². The van der Waals surface area contributed by atoms with Crippen molar-refractivity contribution < 1.29 is 4.79 Å². The van der Waals surface area contributed by atoms with Gasteiger partial charge in [-0.15, -0.1) is 0 Å². The smallest absolute Gasteiger partial charge is 0.261 e. The normalized spacial score (nSPS) is 16.3. The summed E-state index contributed by atoms with van der Waals surface area (Å²) in [6.45, 7) is 5.12. The predicted octanol–water partition coefficient (Wildman–Crippen LogP) is 2.74. The van der Waals surface area contributed by atoms with Crippen LogP contribution in [-0.2, 0) is 11.3 Å². The maximum absolute atomic E-state index is 12.5. The van der Waals surface area contributed by atoms with Crippen LogP contribution in [0.3, 0.4) is 0 Å². The van der Waals surface area contributed by atoms with Gasteiger partial charge in [-0.25, -0.2) is 4.98 Å². The van der Waals surface area contributed by atoms with Crippen molar-refractivity contribution in [3.63, 3.8) is 0 Å². The maximum atomic E-state index is 12.5. The number of nitrogens with one attached hydrogen (secondary N) is 1. The minimum atomic E-state index is -0.104. The van der Waals surface area contributed by atoms with Crippen LogP contribution in [-0.4, -0.2) is 35.1 Å². The van der Waals surface area contributed by atoms with Crippen molar-refractivity contribution in [2.24, 2.45) is 5.92 Å². The Morgan fingerprint density at radius 3 is 2.83 bits per heavy atom. The molecule has 29 heavy (non-hydrogen) atoms. The van der Waals surface area contributed by atoms with Crippen LogP contribution in [0.15, 0.2) is 59.7 Å². The van der Waals surface area contributed by atoms with Crippen LogP contribution >= 0.6 is 0 Å². The van der Waals surface area contributed by atoms with Gasteiger partial charge in [-0.2, -0.15) is 0 Å². The van der Waals surface area contributed by atoms with Gasteiger partial charge in [0.2, 0.25) is 5.91 Å². The molecule has 1 atom stereocenters. The fourth-order valence-electron chi connectivity index (χ4n) is 3.97. The van der Waals surface area contributed by atoms with Gasteiger partial charge in [0, 0.05) is 38.3 Å². The number of hydrogen-bond donors (Lipinski definition) is 1. The molecule has 150 valence electrons. The lowest BCUT2D eigenvalue weighted by molar-refractivity contribution is -0.121. The molecule has 4 rings (SSSR count). The van der Waals surface area contributed by atoms with E-state index in [0.717, 1.165) is 19.5 Å². The second-order valence-corrected chi connectivity index (χ2v) is 7.70. The fourth-order valence-corrected chi connectivity index (χ4v) is 3.97. The number of rotatable bonds is 6. The highest BCUT2D eigenvalue weighted by atomic mass is 16.1. The van der Waals surface area contributed by atoms with Crippen LogP contribution in [0.5, 0.6) is 0 Å². The largest absolute Gasteiger partial charge is 0.371 e. The third kappa shape index (κ3) is 4.31. The molecule has 0 saturated carbocycles. The Hall–Kier alpha value is -3.15. The standard InChI is InChI=1S/C23H26N4O2/c1-17-6-2-5-9-21(17)26-12-10-18(15-26)14-24-22(28)11-13-27-16-25-20-8-4-3-7-19(20)23(27)29/h2-9,16,18H,10-15H2,1H3,(H,24,28). The van der Waals surface area contributed by atoms with Gasteiger partial charge >= 0.3 is 0 Å². The fraction of sp³-hybridized carbons (Fsp3) is 0.348. The summed E-state index contributed by atoms with van der Waals surface area (Å²) in [4.78, 5) is 31.5. The average molecular weight is 390 g/mol. The topological polar surface area (TPSA) is 67.2 Å². The molecule has 1 amide bonds. The molecule has 1 aliphatic rings. The average Bonchev–Trinajstić information content (AvgIpc) is 3.21. The quantitative estimate of drug-likeness (QED) is 0.703. The van der Waals surface area contributed by atoms with Crippen molar-refractivity contribution in [2.45, 2.75) is 26.3 Å². The SMILES string of the molecule is Cc1ccccc1N1CCC(CNC(=O)CCn2cnc3ccccc3c2=O)C1. The number of carbonyl (C=O) groups is 1. The number of anilines is 1. The Labute approximate surface area is 170 Å². The first-order valence-corrected chi connectivity index (χ1v) is 10.1. The minimum absolute atomic E-state index is 0.0283. The van der Waals surface area contributed by atoms with Crippen molar-refractivity contribution in [2.75, 3.05) is 24.5 Å². The number of para-hydroxylation sites is 2. The molecule has 0 radical (unpaired) electrons. The number of carbonyl (C=O) groups excluding carboxylic acids is 1. The lowest BCUT2D eigenvalue weighted by Crippen LogP contribution is -2.32. The molecule has 1 aliphatic heterocycles. The Bertz CT molecular complexity index is 1080. The van der Waals surface area contributed by atoms with Gasteiger partial charge in [0.15, 0.2) is 0 Å². The summed E-state index contributed by atoms with van der Waals surface area (Å²) >= 11 is 0. The first-order chi connectivity index (χ1) is 14.1. The molecule has 0 bridgehead atoms. The van der Waals surface area contributed by atoms with Crippen LogP contribution in [0.1, 0.15) is 18.4 Å². The van der Waals surface area contributed by atoms with E-state index in [1.807, 2.05) is 18.2 Å². The second-order valence-electron chi connectivity index (χ2n) is 7.70. The first-order valence-electron chi connectivity index (χ1n) is 10.1. The Kier molecular flexibility index (Phi) is 5.60. The molecular weight excluding hydrogens is 364 g/mol. The highest BCUT2D eigenvalue weighted by Crippen LogP contribution is 2.26. The molecule has 1 unspecified atom stereocenters. The van der Waals surface area contributed by atoms with Gasteiger partial charge in [-0.3, -0.25) is 14.2 Å². The van der Waals surface area contributed by atoms with Crippen LogP contribution < -0.4 is 15.8 Å². The van der Waals surface area contributed by atoms with Crippen molar-refractivity contribution in [3.05, 3.63) is 70.8 Å². The summed E-state index contributed by atoms with van der Waals surface area (Å²) < 4.78 is 1.51. The maximum Gasteiger partial charge on any atom is 0.261 e. The molecule has 3 aromatic rings. The van der Waals surface area contributed by atoms with E-state index in [2.05, 4.69) is 46.4 Å². The summed E-state index contributed by atoms with van der Waals surface area (Å²) in [5.74, 6) is 0.419. The number of aromatic nitrogens is 2. The number of amides is 1. The van der Waals surface area contributed by atoms with Crippen LogP contribution in [0.2, 0.25) is 0 Å². The Morgan fingerprint density at radius 1 is 1.17 bits per heavy atom. The Morgan fingerprint density at radius 2 is 1.97 bits per heavy atom. The van der Waals surface area contributed by atoms with Gasteiger partial charge in [0.05, 0.1) is 17.2 Å². The van der Waals surface area contributed by atoms with Crippen molar-refractivity contribution in [1.82, 2.24) is 14.9 Å². The summed E-state index contributed by atoms with van der Waals surface area (Å²) in [6.07, 6.45) is 2.87. The zero-order chi connectivity index (χ0) is 20.2. The number of fused-ring (bicyclic) bond motifs is 1. The van der Waals surface area contributed by atoms with Crippen LogP contribution in [0, 0.1) is 12.8 Å². The van der Waals surface area contributed by atoms with Crippen molar-refractivity contribution in [3.8, 4) is 0 Å². The first kappa shape index (κ1) is 19.2. The van der Waals surface area contributed by atoms with Crippen LogP contribution in [0.25, 0.3) is 10.9 Å². The molecule has 0 aliphatic carbocycles. The molecule has 0 spiro atoms. The van der Waals surface area contributed by atoms with Crippen LogP contribution in [0.4, 0.5) is 5.69 Å². The lowest BCUT2D eigenvalue weighted by atomic mass is 10.1. The van der Waals surface area contributed by atoms with E-state index < -0.39 is 0 Å². The monoisotopic (exact) mass is 390 g/mol. The number of aryl methyl sites for hydroxylation is 2. The van der Waals surface area contributed by atoms with Gasteiger partial charge in [-0.1, -0.05) is 30.3 Å². The van der Waals surface area contributed by atoms with Crippen molar-refractivity contribution in [1.29, 1.82) is 0 Å². The third-order valence-electron chi connectivity index (χ3n) is 5.64. The van der Waals surface area contributed by atoms with E-state index in [1.165, 1.54) is 22.1 Å². The van der Waals surface area contributed by atoms with E-state index in [-0.39, 0.29) is 17.9 Å². The molecule has 6 heteroatoms. The molecule has 1 N–H and O–H groups in total. The van der Waals surface area contributed by atoms with Gasteiger partial charge in [0.25, 0.3) is 5.56 Å². The summed E-state index contributed by atoms with van der Waals surface area (Å²) in [5, 5.41) is 3.62. The highest BCUT2D eigenvalue weighted by molar-refractivity contribution is 5.77. The summed E-state index contributed by atoms with van der Waals surface area (Å²) in [6, 6.07) is 15.7. The number of nitrogens with zero attached hydrogens (tertiary/aromatic N) is 3. The second kappa shape index (κ2) is 8.47. The molecular formula is C23H26N4O2. The number of hydrogen-bond acceptors (Lipinski definition) is 4. The Balaban J connectivity index is 1.27. The summed E-state index contributed by atoms with van der Waals surface area (Å²) in [5.41, 5.74) is 3.14. The third-order valence-corrected chi connectivity index (χ3v) is 5.64. The molecule has 1 saturated heterocycles. The zero-order valence-corrected chi connectivity index (χ0v) is 16.7. The van der Waals surface area contributed by atoms with Gasteiger partial charge in [-0.05, 0) is 43.0 Å². The highest BCUT2D eigenvalue weighted by Gasteiger charge is 2.23. The van der Waals surface area contributed by atoms with Gasteiger partial charge in [0.1, 0.15) is 0 Å². The molecule has 6 nitrogen and oxygen atoms in total. The lowest BCUT2D eigenvalue weighted by Gasteiger charge is -2.21. The minimum Gasteiger partial charge on any atom is -0.371 e. The van der Waals surface area contributed by atoms with Crippen molar-refractivity contribution >= 4 is 22.5 Å². The van der Waals surface area contributed by atoms with E-state index in [9.17, 15) is 9.59 Å². The van der Waals surface area contributed by atoms with E-state index >= 15 is 0 Å².